The lowest BCUT2D eigenvalue weighted by molar-refractivity contribution is -0.198. The molecule has 1 heterocycles. The Morgan fingerprint density at radius 1 is 1.21 bits per heavy atom. The molecule has 0 N–H and O–H groups in total. The maximum atomic E-state index is 11.5. The quantitative estimate of drug-likeness (QED) is 0.558. The van der Waals surface area contributed by atoms with Crippen molar-refractivity contribution in [1.29, 1.82) is 0 Å². The average molecular weight is 286 g/mol. The third-order valence-electron chi connectivity index (χ3n) is 5.02. The molecule has 0 bridgehead atoms. The van der Waals surface area contributed by atoms with Gasteiger partial charge in [-0.05, 0) is 24.2 Å². The van der Waals surface area contributed by atoms with Gasteiger partial charge in [-0.3, -0.25) is 4.18 Å². The lowest BCUT2D eigenvalue weighted by Crippen LogP contribution is -2.42. The van der Waals surface area contributed by atoms with Crippen molar-refractivity contribution in [3.8, 4) is 0 Å². The van der Waals surface area contributed by atoms with Gasteiger partial charge in [-0.1, -0.05) is 12.2 Å². The molecule has 2 saturated carbocycles. The number of allylic oxidation sites excluding steroid dienone is 2. The fourth-order valence-electron chi connectivity index (χ4n) is 4.64. The first kappa shape index (κ1) is 12.3. The maximum absolute atomic E-state index is 11.5. The number of fused-ring (bicyclic) bond motifs is 1. The van der Waals surface area contributed by atoms with Crippen molar-refractivity contribution in [1.82, 2.24) is 0 Å². The first-order chi connectivity index (χ1) is 8.99. The highest BCUT2D eigenvalue weighted by molar-refractivity contribution is 7.86. The van der Waals surface area contributed by atoms with Crippen LogP contribution in [-0.2, 0) is 23.8 Å². The second-order valence-electron chi connectivity index (χ2n) is 6.10. The lowest BCUT2D eigenvalue weighted by Gasteiger charge is -2.32. The molecular formula is C13H18O5S. The molecule has 106 valence electrons. The van der Waals surface area contributed by atoms with Crippen LogP contribution in [0.1, 0.15) is 12.8 Å². The molecule has 5 nitrogen and oxygen atoms in total. The summed E-state index contributed by atoms with van der Waals surface area (Å²) >= 11 is 0. The molecule has 1 aliphatic heterocycles. The summed E-state index contributed by atoms with van der Waals surface area (Å²) in [5, 5.41) is 0. The van der Waals surface area contributed by atoms with Gasteiger partial charge in [-0.2, -0.15) is 8.42 Å². The van der Waals surface area contributed by atoms with Gasteiger partial charge in [0.15, 0.2) is 5.79 Å². The molecule has 5 atom stereocenters. The van der Waals surface area contributed by atoms with Crippen LogP contribution in [0.2, 0.25) is 0 Å². The zero-order valence-corrected chi connectivity index (χ0v) is 11.6. The predicted molar refractivity (Wildman–Crippen MR) is 66.7 cm³/mol. The van der Waals surface area contributed by atoms with Gasteiger partial charge in [0.2, 0.25) is 0 Å². The van der Waals surface area contributed by atoms with E-state index in [-0.39, 0.29) is 12.0 Å². The van der Waals surface area contributed by atoms with Crippen molar-refractivity contribution in [2.45, 2.75) is 24.7 Å². The minimum Gasteiger partial charge on any atom is -0.347 e. The summed E-state index contributed by atoms with van der Waals surface area (Å²) in [6.45, 7) is 1.19. The second kappa shape index (κ2) is 3.81. The molecule has 19 heavy (non-hydrogen) atoms. The van der Waals surface area contributed by atoms with E-state index in [1.54, 1.807) is 0 Å². The molecule has 0 aromatic heterocycles. The Balaban J connectivity index is 1.70. The van der Waals surface area contributed by atoms with Crippen LogP contribution >= 0.6 is 0 Å². The molecule has 0 radical (unpaired) electrons. The summed E-state index contributed by atoms with van der Waals surface area (Å²) in [7, 11) is -3.44. The number of hydrogen-bond donors (Lipinski definition) is 0. The molecule has 3 aliphatic carbocycles. The Labute approximate surface area is 113 Å². The first-order valence-electron chi connectivity index (χ1n) is 6.83. The summed E-state index contributed by atoms with van der Waals surface area (Å²) in [4.78, 5) is 0. The first-order valence-corrected chi connectivity index (χ1v) is 8.65. The monoisotopic (exact) mass is 286 g/mol. The van der Waals surface area contributed by atoms with Crippen molar-refractivity contribution in [3.63, 3.8) is 0 Å². The van der Waals surface area contributed by atoms with Crippen LogP contribution in [0.3, 0.4) is 0 Å². The van der Waals surface area contributed by atoms with Gasteiger partial charge in [-0.15, -0.1) is 0 Å². The van der Waals surface area contributed by atoms with E-state index in [0.29, 0.717) is 31.0 Å². The Kier molecular flexibility index (Phi) is 2.47. The molecule has 4 rings (SSSR count). The minimum absolute atomic E-state index is 0.0368. The van der Waals surface area contributed by atoms with Gasteiger partial charge in [-0.25, -0.2) is 0 Å². The van der Waals surface area contributed by atoms with E-state index >= 15 is 0 Å². The fraction of sp³-hybridized carbons (Fsp3) is 0.846. The van der Waals surface area contributed by atoms with Gasteiger partial charge in [0, 0.05) is 12.3 Å². The van der Waals surface area contributed by atoms with Gasteiger partial charge in [0.25, 0.3) is 10.1 Å². The fourth-order valence-corrected chi connectivity index (χ4v) is 5.29. The number of hydrogen-bond acceptors (Lipinski definition) is 5. The van der Waals surface area contributed by atoms with Gasteiger partial charge in [0.1, 0.15) is 0 Å². The predicted octanol–water partition coefficient (Wildman–Crippen LogP) is 0.916. The SMILES string of the molecule is CS(=O)(=O)O[C@@H]1C[C@H]2C=C[C@H]3CC4(OCCO4)[C@H]1[C@H]23. The Hall–Kier alpha value is -0.430. The molecule has 0 aromatic rings. The van der Waals surface area contributed by atoms with Crippen molar-refractivity contribution in [3.05, 3.63) is 12.2 Å². The highest BCUT2D eigenvalue weighted by Crippen LogP contribution is 2.62. The third kappa shape index (κ3) is 1.73. The summed E-state index contributed by atoms with van der Waals surface area (Å²) in [6.07, 6.45) is 6.86. The van der Waals surface area contributed by atoms with Crippen LogP contribution in [0, 0.1) is 23.7 Å². The van der Waals surface area contributed by atoms with Crippen molar-refractivity contribution in [2.24, 2.45) is 23.7 Å². The van der Waals surface area contributed by atoms with E-state index < -0.39 is 15.9 Å². The van der Waals surface area contributed by atoms with E-state index in [4.69, 9.17) is 13.7 Å². The molecule has 6 heteroatoms. The van der Waals surface area contributed by atoms with E-state index in [1.807, 2.05) is 0 Å². The second-order valence-corrected chi connectivity index (χ2v) is 7.70. The maximum Gasteiger partial charge on any atom is 0.264 e. The molecular weight excluding hydrogens is 268 g/mol. The normalized spacial score (nSPS) is 46.3. The van der Waals surface area contributed by atoms with Gasteiger partial charge >= 0.3 is 0 Å². The van der Waals surface area contributed by atoms with Crippen LogP contribution in [0.25, 0.3) is 0 Å². The number of ether oxygens (including phenoxy) is 2. The molecule has 0 amide bonds. The molecule has 0 aromatic carbocycles. The summed E-state index contributed by atoms with van der Waals surface area (Å²) in [5.74, 6) is 0.708. The van der Waals surface area contributed by atoms with E-state index in [9.17, 15) is 8.42 Å². The zero-order valence-electron chi connectivity index (χ0n) is 10.8. The molecule has 4 aliphatic rings. The molecule has 1 saturated heterocycles. The van der Waals surface area contributed by atoms with Crippen molar-refractivity contribution in [2.75, 3.05) is 19.5 Å². The van der Waals surface area contributed by atoms with E-state index in [2.05, 4.69) is 12.2 Å². The molecule has 0 unspecified atom stereocenters. The minimum atomic E-state index is -3.44. The smallest absolute Gasteiger partial charge is 0.264 e. The average Bonchev–Trinajstić information content (AvgIpc) is 2.97. The summed E-state index contributed by atoms with van der Waals surface area (Å²) in [6, 6.07) is 0. The Bertz CT molecular complexity index is 519. The topological polar surface area (TPSA) is 61.8 Å². The molecule has 1 spiro atoms. The Morgan fingerprint density at radius 3 is 2.58 bits per heavy atom. The van der Waals surface area contributed by atoms with Crippen LogP contribution in [0.5, 0.6) is 0 Å². The molecule has 3 fully saturated rings. The largest absolute Gasteiger partial charge is 0.347 e. The highest BCUT2D eigenvalue weighted by atomic mass is 32.2. The van der Waals surface area contributed by atoms with E-state index in [1.165, 1.54) is 0 Å². The van der Waals surface area contributed by atoms with Gasteiger partial charge in [0.05, 0.1) is 25.6 Å². The summed E-state index contributed by atoms with van der Waals surface area (Å²) in [5.41, 5.74) is 0. The zero-order chi connectivity index (χ0) is 13.3. The van der Waals surface area contributed by atoms with E-state index in [0.717, 1.165) is 19.1 Å². The van der Waals surface area contributed by atoms with Crippen LogP contribution in [-0.4, -0.2) is 39.8 Å². The van der Waals surface area contributed by atoms with Gasteiger partial charge < -0.3 is 9.47 Å². The Morgan fingerprint density at radius 2 is 1.89 bits per heavy atom. The third-order valence-corrected chi connectivity index (χ3v) is 5.61. The van der Waals surface area contributed by atoms with Crippen molar-refractivity contribution < 1.29 is 22.1 Å². The van der Waals surface area contributed by atoms with Crippen LogP contribution < -0.4 is 0 Å². The van der Waals surface area contributed by atoms with Crippen LogP contribution in [0.4, 0.5) is 0 Å². The standard InChI is InChI=1S/C13H18O5S/c1-19(14,15)18-10-6-8-2-3-9-7-13(12(10)11(8)9)16-4-5-17-13/h2-3,8-12H,4-7H2,1H3/t8-,9+,10-,11-,12-/m1/s1. The lowest BCUT2D eigenvalue weighted by atomic mass is 9.90. The summed E-state index contributed by atoms with van der Waals surface area (Å²) < 4.78 is 40.0. The van der Waals surface area contributed by atoms with Crippen molar-refractivity contribution >= 4 is 10.1 Å². The highest BCUT2D eigenvalue weighted by Gasteiger charge is 2.66. The van der Waals surface area contributed by atoms with Crippen LogP contribution in [0.15, 0.2) is 12.2 Å². The number of rotatable bonds is 2.